The van der Waals surface area contributed by atoms with Crippen molar-refractivity contribution in [2.24, 2.45) is 0 Å². The molecule has 0 saturated heterocycles. The molecule has 0 fully saturated rings. The molecule has 1 amide bonds. The molecule has 0 atom stereocenters. The van der Waals surface area contributed by atoms with E-state index in [2.05, 4.69) is 15.4 Å². The molecule has 2 aromatic heterocycles. The molecule has 7 heteroatoms. The van der Waals surface area contributed by atoms with Crippen molar-refractivity contribution in [1.29, 1.82) is 0 Å². The van der Waals surface area contributed by atoms with Gasteiger partial charge in [0.15, 0.2) is 0 Å². The monoisotopic (exact) mass is 251 g/mol. The lowest BCUT2D eigenvalue weighted by Crippen LogP contribution is -2.27. The minimum Gasteiger partial charge on any atom is -0.396 e. The molecule has 0 saturated carbocycles. The highest BCUT2D eigenvalue weighted by atomic mass is 32.1. The van der Waals surface area contributed by atoms with Crippen LogP contribution in [0.5, 0.6) is 0 Å². The summed E-state index contributed by atoms with van der Waals surface area (Å²) < 4.78 is 1.50. The van der Waals surface area contributed by atoms with Gasteiger partial charge in [-0.05, 0) is 6.92 Å². The Balaban J connectivity index is 1.82. The third-order valence-electron chi connectivity index (χ3n) is 2.06. The fraction of sp³-hybridized carbons (Fsp3) is 0.300. The second-order valence-corrected chi connectivity index (χ2v) is 4.57. The zero-order chi connectivity index (χ0) is 12.3. The quantitative estimate of drug-likeness (QED) is 0.830. The van der Waals surface area contributed by atoms with Gasteiger partial charge in [0.05, 0.1) is 18.4 Å². The first-order valence-electron chi connectivity index (χ1n) is 5.09. The minimum absolute atomic E-state index is 0.110. The number of hydrogen-bond acceptors (Lipinski definition) is 5. The molecular formula is C10H13N5OS. The topological polar surface area (TPSA) is 85.8 Å². The number of amides is 1. The lowest BCUT2D eigenvalue weighted by molar-refractivity contribution is -0.122. The van der Waals surface area contributed by atoms with Crippen molar-refractivity contribution in [3.8, 4) is 0 Å². The Kier molecular flexibility index (Phi) is 3.38. The Hall–Kier alpha value is -1.89. The van der Waals surface area contributed by atoms with Crippen molar-refractivity contribution in [1.82, 2.24) is 20.1 Å². The highest BCUT2D eigenvalue weighted by Crippen LogP contribution is 2.07. The average Bonchev–Trinajstić information content (AvgIpc) is 2.85. The summed E-state index contributed by atoms with van der Waals surface area (Å²) in [5.74, 6) is -0.110. The van der Waals surface area contributed by atoms with Gasteiger partial charge in [0.25, 0.3) is 0 Å². The van der Waals surface area contributed by atoms with E-state index in [0.717, 1.165) is 10.7 Å². The Bertz CT molecular complexity index is 518. The molecule has 90 valence electrons. The molecule has 3 N–H and O–H groups in total. The van der Waals surface area contributed by atoms with Crippen molar-refractivity contribution >= 4 is 22.9 Å². The molecule has 0 spiro atoms. The lowest BCUT2D eigenvalue weighted by atomic mass is 10.5. The molecule has 0 aliphatic heterocycles. The number of nitrogen functional groups attached to an aromatic ring is 1. The molecule has 6 nitrogen and oxygen atoms in total. The summed E-state index contributed by atoms with van der Waals surface area (Å²) in [5.41, 5.74) is 7.02. The fourth-order valence-electron chi connectivity index (χ4n) is 1.33. The van der Waals surface area contributed by atoms with Crippen molar-refractivity contribution in [2.75, 3.05) is 5.73 Å². The van der Waals surface area contributed by atoms with E-state index >= 15 is 0 Å². The van der Waals surface area contributed by atoms with Crippen LogP contribution in [0.15, 0.2) is 17.8 Å². The zero-order valence-electron chi connectivity index (χ0n) is 9.38. The van der Waals surface area contributed by atoms with E-state index in [1.807, 2.05) is 12.3 Å². The van der Waals surface area contributed by atoms with Crippen LogP contribution in [0, 0.1) is 6.92 Å². The third-order valence-corrected chi connectivity index (χ3v) is 3.03. The first-order valence-corrected chi connectivity index (χ1v) is 5.97. The Labute approximate surface area is 102 Å². The maximum Gasteiger partial charge on any atom is 0.242 e. The van der Waals surface area contributed by atoms with Gasteiger partial charge in [0.2, 0.25) is 5.91 Å². The van der Waals surface area contributed by atoms with Gasteiger partial charge < -0.3 is 11.1 Å². The van der Waals surface area contributed by atoms with Gasteiger partial charge in [-0.2, -0.15) is 5.10 Å². The van der Waals surface area contributed by atoms with Crippen LogP contribution in [0.25, 0.3) is 0 Å². The molecule has 17 heavy (non-hydrogen) atoms. The van der Waals surface area contributed by atoms with Gasteiger partial charge in [0.1, 0.15) is 11.6 Å². The third kappa shape index (κ3) is 3.28. The molecule has 2 rings (SSSR count). The second kappa shape index (κ2) is 4.96. The van der Waals surface area contributed by atoms with Crippen molar-refractivity contribution in [3.63, 3.8) is 0 Å². The molecule has 0 aliphatic rings. The smallest absolute Gasteiger partial charge is 0.242 e. The van der Waals surface area contributed by atoms with E-state index in [-0.39, 0.29) is 12.5 Å². The number of nitrogens with two attached hydrogens (primary N) is 1. The van der Waals surface area contributed by atoms with Gasteiger partial charge in [-0.15, -0.1) is 11.3 Å². The van der Waals surface area contributed by atoms with Crippen LogP contribution < -0.4 is 11.1 Å². The molecule has 0 unspecified atom stereocenters. The van der Waals surface area contributed by atoms with Crippen LogP contribution in [-0.4, -0.2) is 20.7 Å². The Morgan fingerprint density at radius 1 is 1.65 bits per heavy atom. The molecule has 0 bridgehead atoms. The summed E-state index contributed by atoms with van der Waals surface area (Å²) in [6.07, 6.45) is 3.13. The van der Waals surface area contributed by atoms with Gasteiger partial charge in [-0.1, -0.05) is 0 Å². The summed E-state index contributed by atoms with van der Waals surface area (Å²) in [5, 5.41) is 9.56. The van der Waals surface area contributed by atoms with Crippen LogP contribution in [0.3, 0.4) is 0 Å². The first kappa shape index (κ1) is 11.6. The van der Waals surface area contributed by atoms with Crippen molar-refractivity contribution in [3.05, 3.63) is 28.5 Å². The van der Waals surface area contributed by atoms with Gasteiger partial charge in [-0.25, -0.2) is 4.98 Å². The zero-order valence-corrected chi connectivity index (χ0v) is 10.2. The van der Waals surface area contributed by atoms with E-state index in [9.17, 15) is 4.79 Å². The van der Waals surface area contributed by atoms with Crippen molar-refractivity contribution < 1.29 is 4.79 Å². The molecule has 2 heterocycles. The van der Waals surface area contributed by atoms with E-state index < -0.39 is 0 Å². The number of anilines is 1. The van der Waals surface area contributed by atoms with E-state index in [4.69, 9.17) is 5.73 Å². The fourth-order valence-corrected chi connectivity index (χ4v) is 2.04. The van der Waals surface area contributed by atoms with Crippen LogP contribution >= 0.6 is 11.3 Å². The van der Waals surface area contributed by atoms with Gasteiger partial charge in [-0.3, -0.25) is 9.48 Å². The van der Waals surface area contributed by atoms with Crippen molar-refractivity contribution in [2.45, 2.75) is 20.0 Å². The molecule has 0 aromatic carbocycles. The molecular weight excluding hydrogens is 238 g/mol. The van der Waals surface area contributed by atoms with E-state index in [1.54, 1.807) is 6.20 Å². The number of hydrogen-bond donors (Lipinski definition) is 2. The van der Waals surface area contributed by atoms with E-state index in [1.165, 1.54) is 22.2 Å². The summed E-state index contributed by atoms with van der Waals surface area (Å²) in [6, 6.07) is 0. The highest BCUT2D eigenvalue weighted by Gasteiger charge is 2.05. The summed E-state index contributed by atoms with van der Waals surface area (Å²) in [6.45, 7) is 2.55. The Morgan fingerprint density at radius 2 is 2.47 bits per heavy atom. The number of carbonyl (C=O) groups excluding carboxylic acids is 1. The predicted octanol–water partition coefficient (Wildman–Crippen LogP) is 0.547. The predicted molar refractivity (Wildman–Crippen MR) is 65.3 cm³/mol. The molecule has 0 aliphatic carbocycles. The van der Waals surface area contributed by atoms with E-state index in [0.29, 0.717) is 12.2 Å². The van der Waals surface area contributed by atoms with Gasteiger partial charge in [0, 0.05) is 17.3 Å². The maximum absolute atomic E-state index is 11.6. The summed E-state index contributed by atoms with van der Waals surface area (Å²) >= 11 is 1.53. The standard InChI is InChI=1S/C10H13N5OS/c1-7-6-17-10(14-7)3-12-9(16)5-15-4-8(11)2-13-15/h2,4,6H,3,5,11H2,1H3,(H,12,16). The number of thiazole rings is 1. The second-order valence-electron chi connectivity index (χ2n) is 3.63. The number of nitrogens with one attached hydrogen (secondary N) is 1. The van der Waals surface area contributed by atoms with Crippen LogP contribution in [0.1, 0.15) is 10.7 Å². The van der Waals surface area contributed by atoms with Gasteiger partial charge >= 0.3 is 0 Å². The number of carbonyl (C=O) groups is 1. The first-order chi connectivity index (χ1) is 8.13. The maximum atomic E-state index is 11.6. The number of rotatable bonds is 4. The average molecular weight is 251 g/mol. The number of aryl methyl sites for hydroxylation is 1. The highest BCUT2D eigenvalue weighted by molar-refractivity contribution is 7.09. The summed E-state index contributed by atoms with van der Waals surface area (Å²) in [7, 11) is 0. The SMILES string of the molecule is Cc1csc(CNC(=O)Cn2cc(N)cn2)n1. The molecule has 0 radical (unpaired) electrons. The largest absolute Gasteiger partial charge is 0.396 e. The number of aromatic nitrogens is 3. The van der Waals surface area contributed by atoms with Crippen LogP contribution in [0.2, 0.25) is 0 Å². The Morgan fingerprint density at radius 3 is 3.06 bits per heavy atom. The number of nitrogens with zero attached hydrogens (tertiary/aromatic N) is 3. The normalized spacial score (nSPS) is 10.4. The van der Waals surface area contributed by atoms with Crippen LogP contribution in [-0.2, 0) is 17.9 Å². The minimum atomic E-state index is -0.110. The lowest BCUT2D eigenvalue weighted by Gasteiger charge is -2.02. The summed E-state index contributed by atoms with van der Waals surface area (Å²) in [4.78, 5) is 15.8. The molecule has 2 aromatic rings. The van der Waals surface area contributed by atoms with Crippen LogP contribution in [0.4, 0.5) is 5.69 Å².